The molecular weight excluding hydrogens is 240 g/mol. The summed E-state index contributed by atoms with van der Waals surface area (Å²) in [5, 5.41) is 3.26. The third kappa shape index (κ3) is 3.70. The van der Waals surface area contributed by atoms with Crippen LogP contribution in [0.25, 0.3) is 0 Å². The summed E-state index contributed by atoms with van der Waals surface area (Å²) in [6.45, 7) is 4.07. The van der Waals surface area contributed by atoms with Gasteiger partial charge in [-0.05, 0) is 24.9 Å². The minimum atomic E-state index is -0.212. The van der Waals surface area contributed by atoms with E-state index in [2.05, 4.69) is 12.2 Å². The molecule has 1 fully saturated rings. The van der Waals surface area contributed by atoms with E-state index in [4.69, 9.17) is 4.74 Å². The quantitative estimate of drug-likeness (QED) is 0.908. The molecule has 19 heavy (non-hydrogen) atoms. The molecule has 0 aliphatic carbocycles. The lowest BCUT2D eigenvalue weighted by molar-refractivity contribution is 0.0752. The van der Waals surface area contributed by atoms with Crippen LogP contribution in [0.3, 0.4) is 0 Å². The molecule has 4 nitrogen and oxygen atoms in total. The molecule has 0 aromatic heterocycles. The first-order valence-electron chi connectivity index (χ1n) is 6.83. The molecule has 1 amide bonds. The van der Waals surface area contributed by atoms with Crippen molar-refractivity contribution in [2.75, 3.05) is 20.1 Å². The van der Waals surface area contributed by atoms with Gasteiger partial charge in [-0.2, -0.15) is 0 Å². The van der Waals surface area contributed by atoms with E-state index in [9.17, 15) is 4.79 Å². The van der Waals surface area contributed by atoms with Gasteiger partial charge in [-0.1, -0.05) is 37.3 Å². The number of benzene rings is 1. The fourth-order valence-corrected chi connectivity index (χ4v) is 2.42. The van der Waals surface area contributed by atoms with Crippen molar-refractivity contribution in [2.45, 2.75) is 26.0 Å². The zero-order valence-electron chi connectivity index (χ0n) is 11.6. The van der Waals surface area contributed by atoms with Gasteiger partial charge in [0.15, 0.2) is 0 Å². The van der Waals surface area contributed by atoms with Crippen molar-refractivity contribution in [2.24, 2.45) is 5.92 Å². The highest BCUT2D eigenvalue weighted by atomic mass is 16.6. The van der Waals surface area contributed by atoms with E-state index >= 15 is 0 Å². The summed E-state index contributed by atoms with van der Waals surface area (Å²) in [4.78, 5) is 13.8. The SMILES string of the molecule is CN[C@@H]1CN(C(=O)OCc2ccccc2)CC[C@H]1C. The highest BCUT2D eigenvalue weighted by Gasteiger charge is 2.28. The number of likely N-dealkylation sites (N-methyl/N-ethyl adjacent to an activating group) is 1. The Morgan fingerprint density at radius 2 is 2.16 bits per heavy atom. The van der Waals surface area contributed by atoms with E-state index in [0.29, 0.717) is 18.6 Å². The van der Waals surface area contributed by atoms with Crippen LogP contribution in [-0.2, 0) is 11.3 Å². The molecule has 1 saturated heterocycles. The number of nitrogens with zero attached hydrogens (tertiary/aromatic N) is 1. The number of carbonyl (C=O) groups is 1. The molecule has 2 rings (SSSR count). The first-order chi connectivity index (χ1) is 9.20. The maximum Gasteiger partial charge on any atom is 0.410 e. The Morgan fingerprint density at radius 3 is 2.84 bits per heavy atom. The largest absolute Gasteiger partial charge is 0.445 e. The van der Waals surface area contributed by atoms with Gasteiger partial charge in [0.25, 0.3) is 0 Å². The molecule has 0 spiro atoms. The van der Waals surface area contributed by atoms with Crippen LogP contribution in [0, 0.1) is 5.92 Å². The zero-order valence-corrected chi connectivity index (χ0v) is 11.6. The molecule has 0 radical (unpaired) electrons. The van der Waals surface area contributed by atoms with Crippen molar-refractivity contribution in [1.29, 1.82) is 0 Å². The lowest BCUT2D eigenvalue weighted by Gasteiger charge is -2.36. The average molecular weight is 262 g/mol. The predicted octanol–water partition coefficient (Wildman–Crippen LogP) is 2.25. The molecule has 1 aliphatic heterocycles. The molecule has 1 heterocycles. The summed E-state index contributed by atoms with van der Waals surface area (Å²) in [5.74, 6) is 0.600. The molecule has 4 heteroatoms. The molecule has 1 aromatic rings. The van der Waals surface area contributed by atoms with Crippen molar-refractivity contribution < 1.29 is 9.53 Å². The van der Waals surface area contributed by atoms with Crippen LogP contribution in [0.15, 0.2) is 30.3 Å². The number of rotatable bonds is 3. The Morgan fingerprint density at radius 1 is 1.42 bits per heavy atom. The van der Waals surface area contributed by atoms with Crippen molar-refractivity contribution >= 4 is 6.09 Å². The third-order valence-corrected chi connectivity index (χ3v) is 3.79. The van der Waals surface area contributed by atoms with Crippen LogP contribution in [0.5, 0.6) is 0 Å². The molecule has 1 aliphatic rings. The van der Waals surface area contributed by atoms with E-state index in [1.807, 2.05) is 37.4 Å². The van der Waals surface area contributed by atoms with Crippen molar-refractivity contribution in [3.8, 4) is 0 Å². The van der Waals surface area contributed by atoms with Crippen molar-refractivity contribution in [3.05, 3.63) is 35.9 Å². The summed E-state index contributed by atoms with van der Waals surface area (Å²) < 4.78 is 5.35. The van der Waals surface area contributed by atoms with Gasteiger partial charge in [-0.3, -0.25) is 0 Å². The van der Waals surface area contributed by atoms with Crippen molar-refractivity contribution in [1.82, 2.24) is 10.2 Å². The topological polar surface area (TPSA) is 41.6 Å². The molecule has 104 valence electrons. The first-order valence-corrected chi connectivity index (χ1v) is 6.83. The zero-order chi connectivity index (χ0) is 13.7. The fourth-order valence-electron chi connectivity index (χ4n) is 2.42. The molecule has 1 N–H and O–H groups in total. The predicted molar refractivity (Wildman–Crippen MR) is 74.8 cm³/mol. The molecule has 1 aromatic carbocycles. The van der Waals surface area contributed by atoms with E-state index in [1.165, 1.54) is 0 Å². The smallest absolute Gasteiger partial charge is 0.410 e. The number of carbonyl (C=O) groups excluding carboxylic acids is 1. The second-order valence-electron chi connectivity index (χ2n) is 5.15. The Bertz CT molecular complexity index is 408. The number of hydrogen-bond donors (Lipinski definition) is 1. The number of amides is 1. The van der Waals surface area contributed by atoms with Gasteiger partial charge >= 0.3 is 6.09 Å². The summed E-state index contributed by atoms with van der Waals surface area (Å²) in [6, 6.07) is 10.1. The molecule has 2 atom stereocenters. The Hall–Kier alpha value is -1.55. The number of likely N-dealkylation sites (tertiary alicyclic amines) is 1. The van der Waals surface area contributed by atoms with Crippen LogP contribution in [0.4, 0.5) is 4.79 Å². The highest BCUT2D eigenvalue weighted by molar-refractivity contribution is 5.67. The Kier molecular flexibility index (Phi) is 4.80. The normalized spacial score (nSPS) is 23.2. The molecule has 0 saturated carbocycles. The van der Waals surface area contributed by atoms with Crippen LogP contribution in [0.1, 0.15) is 18.9 Å². The van der Waals surface area contributed by atoms with Gasteiger partial charge in [0.2, 0.25) is 0 Å². The van der Waals surface area contributed by atoms with Gasteiger partial charge in [0, 0.05) is 19.1 Å². The summed E-state index contributed by atoms with van der Waals surface area (Å²) in [6.07, 6.45) is 0.808. The van der Waals surface area contributed by atoms with E-state index < -0.39 is 0 Å². The second kappa shape index (κ2) is 6.57. The van der Waals surface area contributed by atoms with Crippen molar-refractivity contribution in [3.63, 3.8) is 0 Å². The number of piperidine rings is 1. The molecular formula is C15H22N2O2. The lowest BCUT2D eigenvalue weighted by Crippen LogP contribution is -2.51. The Balaban J connectivity index is 1.83. The average Bonchev–Trinajstić information content (AvgIpc) is 2.46. The third-order valence-electron chi connectivity index (χ3n) is 3.79. The van der Waals surface area contributed by atoms with E-state index in [1.54, 1.807) is 4.90 Å². The van der Waals surface area contributed by atoms with Gasteiger partial charge < -0.3 is 15.0 Å². The van der Waals surface area contributed by atoms with Gasteiger partial charge in [0.05, 0.1) is 0 Å². The highest BCUT2D eigenvalue weighted by Crippen LogP contribution is 2.17. The minimum absolute atomic E-state index is 0.212. The van der Waals surface area contributed by atoms with Gasteiger partial charge in [-0.25, -0.2) is 4.79 Å². The molecule has 0 unspecified atom stereocenters. The standard InChI is InChI=1S/C15H22N2O2/c1-12-8-9-17(10-14(12)16-2)15(18)19-11-13-6-4-3-5-7-13/h3-7,12,14,16H,8-11H2,1-2H3/t12-,14-/m1/s1. The van der Waals surface area contributed by atoms with E-state index in [-0.39, 0.29) is 6.09 Å². The maximum absolute atomic E-state index is 12.0. The first kappa shape index (κ1) is 13.9. The molecule has 0 bridgehead atoms. The fraction of sp³-hybridized carbons (Fsp3) is 0.533. The van der Waals surface area contributed by atoms with Gasteiger partial charge in [0.1, 0.15) is 6.61 Å². The van der Waals surface area contributed by atoms with Crippen LogP contribution >= 0.6 is 0 Å². The number of ether oxygens (including phenoxy) is 1. The lowest BCUT2D eigenvalue weighted by atomic mass is 9.94. The number of hydrogen-bond acceptors (Lipinski definition) is 3. The Labute approximate surface area is 114 Å². The maximum atomic E-state index is 12.0. The summed E-state index contributed by atoms with van der Waals surface area (Å²) >= 11 is 0. The summed E-state index contributed by atoms with van der Waals surface area (Å²) in [7, 11) is 1.94. The van der Waals surface area contributed by atoms with E-state index in [0.717, 1.165) is 25.1 Å². The van der Waals surface area contributed by atoms with Gasteiger partial charge in [-0.15, -0.1) is 0 Å². The van der Waals surface area contributed by atoms with Crippen LogP contribution < -0.4 is 5.32 Å². The number of nitrogens with one attached hydrogen (secondary N) is 1. The minimum Gasteiger partial charge on any atom is -0.445 e. The second-order valence-corrected chi connectivity index (χ2v) is 5.15. The van der Waals surface area contributed by atoms with Crippen LogP contribution in [0.2, 0.25) is 0 Å². The monoisotopic (exact) mass is 262 g/mol. The summed E-state index contributed by atoms with van der Waals surface area (Å²) in [5.41, 5.74) is 1.02. The van der Waals surface area contributed by atoms with Crippen LogP contribution in [-0.4, -0.2) is 37.2 Å².